The predicted molar refractivity (Wildman–Crippen MR) is 86.2 cm³/mol. The van der Waals surface area contributed by atoms with Gasteiger partial charge in [0.05, 0.1) is 17.3 Å². The summed E-state index contributed by atoms with van der Waals surface area (Å²) in [5.41, 5.74) is 0.596. The fourth-order valence-corrected chi connectivity index (χ4v) is 2.54. The number of halogens is 3. The van der Waals surface area contributed by atoms with E-state index in [1.54, 1.807) is 18.2 Å². The number of piperazine rings is 1. The van der Waals surface area contributed by atoms with E-state index in [0.717, 1.165) is 19.6 Å². The van der Waals surface area contributed by atoms with E-state index in [9.17, 15) is 4.79 Å². The standard InChI is InChI=1S/C13H17Cl2N3O.ClH/c1-9-7-16-4-5-18(9)8-13(19)17-12-3-2-10(14)6-11(12)15;/h2-3,6,9,16H,4-5,7-8H2,1H3,(H,17,19);1H/t9-;/m1./s1. The van der Waals surface area contributed by atoms with Gasteiger partial charge in [-0.1, -0.05) is 23.2 Å². The van der Waals surface area contributed by atoms with Crippen LogP contribution in [0.3, 0.4) is 0 Å². The van der Waals surface area contributed by atoms with Crippen molar-refractivity contribution in [3.8, 4) is 0 Å². The topological polar surface area (TPSA) is 44.4 Å². The molecule has 0 radical (unpaired) electrons. The van der Waals surface area contributed by atoms with Gasteiger partial charge in [0.15, 0.2) is 0 Å². The van der Waals surface area contributed by atoms with Crippen LogP contribution in [0.25, 0.3) is 0 Å². The highest BCUT2D eigenvalue weighted by Gasteiger charge is 2.20. The lowest BCUT2D eigenvalue weighted by Gasteiger charge is -2.33. The van der Waals surface area contributed by atoms with Gasteiger partial charge in [-0.2, -0.15) is 0 Å². The number of nitrogens with zero attached hydrogens (tertiary/aromatic N) is 1. The van der Waals surface area contributed by atoms with Crippen molar-refractivity contribution in [2.75, 3.05) is 31.5 Å². The minimum absolute atomic E-state index is 0. The maximum Gasteiger partial charge on any atom is 0.238 e. The van der Waals surface area contributed by atoms with Gasteiger partial charge in [0.25, 0.3) is 0 Å². The number of amides is 1. The summed E-state index contributed by atoms with van der Waals surface area (Å²) in [5, 5.41) is 7.11. The molecule has 1 aromatic carbocycles. The van der Waals surface area contributed by atoms with E-state index >= 15 is 0 Å². The van der Waals surface area contributed by atoms with Crippen LogP contribution in [0.2, 0.25) is 10.0 Å². The Hall–Kier alpha value is -0.520. The van der Waals surface area contributed by atoms with Gasteiger partial charge >= 0.3 is 0 Å². The molecule has 1 amide bonds. The molecular formula is C13H18Cl3N3O. The summed E-state index contributed by atoms with van der Waals surface area (Å²) in [6.07, 6.45) is 0. The lowest BCUT2D eigenvalue weighted by atomic mass is 10.2. The van der Waals surface area contributed by atoms with Gasteiger partial charge in [0, 0.05) is 30.7 Å². The summed E-state index contributed by atoms with van der Waals surface area (Å²) in [5.74, 6) is -0.0574. The maximum absolute atomic E-state index is 12.0. The van der Waals surface area contributed by atoms with E-state index in [1.165, 1.54) is 0 Å². The van der Waals surface area contributed by atoms with Gasteiger partial charge in [0.2, 0.25) is 5.91 Å². The Kier molecular flexibility index (Phi) is 7.06. The van der Waals surface area contributed by atoms with E-state index in [1.807, 2.05) is 0 Å². The first-order valence-corrected chi connectivity index (χ1v) is 7.01. The Morgan fingerprint density at radius 2 is 2.25 bits per heavy atom. The van der Waals surface area contributed by atoms with Crippen molar-refractivity contribution in [3.05, 3.63) is 28.2 Å². The van der Waals surface area contributed by atoms with E-state index < -0.39 is 0 Å². The van der Waals surface area contributed by atoms with Crippen LogP contribution in [0.1, 0.15) is 6.92 Å². The van der Waals surface area contributed by atoms with Gasteiger partial charge in [-0.15, -0.1) is 12.4 Å². The van der Waals surface area contributed by atoms with Gasteiger partial charge in [0.1, 0.15) is 0 Å². The molecule has 0 aromatic heterocycles. The van der Waals surface area contributed by atoms with Gasteiger partial charge in [-0.25, -0.2) is 0 Å². The van der Waals surface area contributed by atoms with Crippen molar-refractivity contribution < 1.29 is 4.79 Å². The molecule has 1 aliphatic rings. The molecule has 20 heavy (non-hydrogen) atoms. The molecule has 2 N–H and O–H groups in total. The molecule has 1 heterocycles. The zero-order valence-electron chi connectivity index (χ0n) is 11.2. The summed E-state index contributed by atoms with van der Waals surface area (Å²) < 4.78 is 0. The molecule has 1 aromatic rings. The lowest BCUT2D eigenvalue weighted by Crippen LogP contribution is -2.51. The molecule has 0 unspecified atom stereocenters. The smallest absolute Gasteiger partial charge is 0.238 e. The maximum atomic E-state index is 12.0. The Balaban J connectivity index is 0.00000200. The number of carbonyl (C=O) groups excluding carboxylic acids is 1. The average molecular weight is 339 g/mol. The second kappa shape index (κ2) is 8.05. The zero-order valence-corrected chi connectivity index (χ0v) is 13.5. The van der Waals surface area contributed by atoms with Crippen LogP contribution in [0.4, 0.5) is 5.69 Å². The Morgan fingerprint density at radius 1 is 1.50 bits per heavy atom. The quantitative estimate of drug-likeness (QED) is 0.890. The summed E-state index contributed by atoms with van der Waals surface area (Å²) in [6, 6.07) is 5.40. The normalized spacial score (nSPS) is 19.2. The highest BCUT2D eigenvalue weighted by molar-refractivity contribution is 6.36. The van der Waals surface area contributed by atoms with Gasteiger partial charge in [-0.3, -0.25) is 9.69 Å². The molecule has 0 bridgehead atoms. The van der Waals surface area contributed by atoms with Crippen LogP contribution in [0, 0.1) is 0 Å². The van der Waals surface area contributed by atoms with Gasteiger partial charge < -0.3 is 10.6 Å². The van der Waals surface area contributed by atoms with Gasteiger partial charge in [-0.05, 0) is 25.1 Å². The first kappa shape index (κ1) is 17.5. The minimum atomic E-state index is -0.0574. The van der Waals surface area contributed by atoms with Crippen LogP contribution in [-0.2, 0) is 4.79 Å². The first-order valence-electron chi connectivity index (χ1n) is 6.26. The molecular weight excluding hydrogens is 321 g/mol. The van der Waals surface area contributed by atoms with E-state index in [2.05, 4.69) is 22.5 Å². The van der Waals surface area contributed by atoms with Crippen LogP contribution < -0.4 is 10.6 Å². The van der Waals surface area contributed by atoms with Crippen LogP contribution in [0.15, 0.2) is 18.2 Å². The molecule has 1 fully saturated rings. The number of hydrogen-bond acceptors (Lipinski definition) is 3. The zero-order chi connectivity index (χ0) is 13.8. The fraction of sp³-hybridized carbons (Fsp3) is 0.462. The van der Waals surface area contributed by atoms with Crippen molar-refractivity contribution in [1.29, 1.82) is 0 Å². The third-order valence-electron chi connectivity index (χ3n) is 3.19. The monoisotopic (exact) mass is 337 g/mol. The highest BCUT2D eigenvalue weighted by atomic mass is 35.5. The second-order valence-electron chi connectivity index (χ2n) is 4.70. The fourth-order valence-electron chi connectivity index (χ4n) is 2.08. The van der Waals surface area contributed by atoms with Crippen molar-refractivity contribution in [2.45, 2.75) is 13.0 Å². The number of nitrogens with one attached hydrogen (secondary N) is 2. The second-order valence-corrected chi connectivity index (χ2v) is 5.54. The molecule has 7 heteroatoms. The third kappa shape index (κ3) is 4.79. The lowest BCUT2D eigenvalue weighted by molar-refractivity contribution is -0.118. The van der Waals surface area contributed by atoms with Crippen LogP contribution in [0.5, 0.6) is 0 Å². The molecule has 112 valence electrons. The van der Waals surface area contributed by atoms with E-state index in [-0.39, 0.29) is 18.3 Å². The SMILES string of the molecule is C[C@@H]1CNCCN1CC(=O)Nc1ccc(Cl)cc1Cl.Cl. The summed E-state index contributed by atoms with van der Waals surface area (Å²) in [6.45, 7) is 5.19. The number of benzene rings is 1. The number of anilines is 1. The van der Waals surface area contributed by atoms with Crippen LogP contribution >= 0.6 is 35.6 Å². The summed E-state index contributed by atoms with van der Waals surface area (Å²) in [7, 11) is 0. The third-order valence-corrected chi connectivity index (χ3v) is 3.74. The summed E-state index contributed by atoms with van der Waals surface area (Å²) >= 11 is 11.8. The first-order chi connectivity index (χ1) is 9.06. The molecule has 1 atom stereocenters. The number of rotatable bonds is 3. The Morgan fingerprint density at radius 3 is 2.90 bits per heavy atom. The number of carbonyl (C=O) groups is 1. The highest BCUT2D eigenvalue weighted by Crippen LogP contribution is 2.25. The predicted octanol–water partition coefficient (Wildman–Crippen LogP) is 2.65. The summed E-state index contributed by atoms with van der Waals surface area (Å²) in [4.78, 5) is 14.1. The molecule has 1 aliphatic heterocycles. The van der Waals surface area contributed by atoms with E-state index in [4.69, 9.17) is 23.2 Å². The number of hydrogen-bond donors (Lipinski definition) is 2. The Labute approximate surface area is 135 Å². The molecule has 4 nitrogen and oxygen atoms in total. The largest absolute Gasteiger partial charge is 0.324 e. The van der Waals surface area contributed by atoms with E-state index in [0.29, 0.717) is 28.3 Å². The molecule has 0 aliphatic carbocycles. The molecule has 1 saturated heterocycles. The minimum Gasteiger partial charge on any atom is -0.324 e. The average Bonchev–Trinajstić information content (AvgIpc) is 2.36. The van der Waals surface area contributed by atoms with Crippen LogP contribution in [-0.4, -0.2) is 43.0 Å². The Bertz CT molecular complexity index is 470. The van der Waals surface area contributed by atoms with Crippen molar-refractivity contribution in [3.63, 3.8) is 0 Å². The molecule has 2 rings (SSSR count). The molecule has 0 saturated carbocycles. The van der Waals surface area contributed by atoms with Crippen molar-refractivity contribution in [1.82, 2.24) is 10.2 Å². The van der Waals surface area contributed by atoms with Crippen molar-refractivity contribution >= 4 is 47.2 Å². The molecule has 0 spiro atoms. The van der Waals surface area contributed by atoms with Crippen molar-refractivity contribution in [2.24, 2.45) is 0 Å².